The maximum Gasteiger partial charge on any atom is 0.189 e. The fraction of sp³-hybridized carbons (Fsp3) is 0.211. The molecule has 0 unspecified atom stereocenters. The van der Waals surface area contributed by atoms with Gasteiger partial charge in [-0.15, -0.1) is 0 Å². The number of benzene rings is 2. The molecule has 0 saturated heterocycles. The molecule has 0 spiro atoms. The molecule has 0 saturated carbocycles. The lowest BCUT2D eigenvalue weighted by molar-refractivity contribution is 0.104. The van der Waals surface area contributed by atoms with Gasteiger partial charge in [-0.05, 0) is 50.3 Å². The van der Waals surface area contributed by atoms with Crippen molar-refractivity contribution in [3.8, 4) is 23.0 Å². The Labute approximate surface area is 140 Å². The van der Waals surface area contributed by atoms with Gasteiger partial charge in [0.05, 0.1) is 18.8 Å². The molecule has 0 heterocycles. The number of allylic oxidation sites excluding steroid dienone is 1. The van der Waals surface area contributed by atoms with E-state index >= 15 is 0 Å². The Morgan fingerprint density at radius 3 is 2.46 bits per heavy atom. The molecule has 5 nitrogen and oxygen atoms in total. The number of phenolic OH excluding ortho intramolecular Hbond substituents is 2. The van der Waals surface area contributed by atoms with Crippen LogP contribution in [-0.4, -0.2) is 29.2 Å². The Kier molecular flexibility index (Phi) is 5.84. The van der Waals surface area contributed by atoms with Crippen LogP contribution in [0, 0.1) is 0 Å². The second-order valence-electron chi connectivity index (χ2n) is 4.96. The van der Waals surface area contributed by atoms with E-state index in [4.69, 9.17) is 9.47 Å². The molecule has 126 valence electrons. The highest BCUT2D eigenvalue weighted by atomic mass is 16.5. The predicted molar refractivity (Wildman–Crippen MR) is 91.9 cm³/mol. The molecule has 0 aromatic heterocycles. The lowest BCUT2D eigenvalue weighted by atomic mass is 10.1. The van der Waals surface area contributed by atoms with E-state index in [1.165, 1.54) is 30.4 Å². The van der Waals surface area contributed by atoms with Gasteiger partial charge < -0.3 is 19.7 Å². The van der Waals surface area contributed by atoms with Gasteiger partial charge in [0, 0.05) is 17.7 Å². The van der Waals surface area contributed by atoms with Gasteiger partial charge in [-0.1, -0.05) is 0 Å². The smallest absolute Gasteiger partial charge is 0.189 e. The van der Waals surface area contributed by atoms with Crippen LogP contribution in [0.25, 0.3) is 6.08 Å². The highest BCUT2D eigenvalue weighted by molar-refractivity contribution is 6.08. The summed E-state index contributed by atoms with van der Waals surface area (Å²) in [6.07, 6.45) is 2.84. The molecule has 0 aliphatic carbocycles. The van der Waals surface area contributed by atoms with Gasteiger partial charge in [-0.2, -0.15) is 0 Å². The van der Waals surface area contributed by atoms with Gasteiger partial charge >= 0.3 is 0 Å². The highest BCUT2D eigenvalue weighted by Gasteiger charge is 2.12. The molecule has 2 aromatic rings. The number of rotatable bonds is 7. The number of hydrogen-bond acceptors (Lipinski definition) is 5. The van der Waals surface area contributed by atoms with Crippen molar-refractivity contribution in [1.29, 1.82) is 0 Å². The third kappa shape index (κ3) is 4.29. The van der Waals surface area contributed by atoms with Crippen molar-refractivity contribution in [1.82, 2.24) is 0 Å². The van der Waals surface area contributed by atoms with Crippen LogP contribution in [0.2, 0.25) is 0 Å². The van der Waals surface area contributed by atoms with Gasteiger partial charge in [-0.25, -0.2) is 0 Å². The van der Waals surface area contributed by atoms with Crippen molar-refractivity contribution in [2.75, 3.05) is 13.2 Å². The van der Waals surface area contributed by atoms with Crippen LogP contribution < -0.4 is 9.47 Å². The summed E-state index contributed by atoms with van der Waals surface area (Å²) in [5, 5.41) is 19.0. The van der Waals surface area contributed by atoms with Crippen molar-refractivity contribution in [3.05, 3.63) is 53.6 Å². The molecule has 0 aliphatic rings. The molecule has 24 heavy (non-hydrogen) atoms. The maximum absolute atomic E-state index is 12.4. The normalized spacial score (nSPS) is 10.8. The Balaban J connectivity index is 2.26. The zero-order valence-electron chi connectivity index (χ0n) is 13.7. The Morgan fingerprint density at radius 2 is 1.79 bits per heavy atom. The summed E-state index contributed by atoms with van der Waals surface area (Å²) in [7, 11) is 0. The van der Waals surface area contributed by atoms with Crippen LogP contribution in [0.1, 0.15) is 29.8 Å². The molecule has 5 heteroatoms. The Bertz CT molecular complexity index is 749. The maximum atomic E-state index is 12.4. The van der Waals surface area contributed by atoms with Crippen LogP contribution in [0.4, 0.5) is 0 Å². The minimum absolute atomic E-state index is 0.0406. The third-order valence-corrected chi connectivity index (χ3v) is 3.26. The summed E-state index contributed by atoms with van der Waals surface area (Å²) in [6, 6.07) is 9.23. The lowest BCUT2D eigenvalue weighted by Gasteiger charge is -2.10. The SMILES string of the molecule is CCOc1ccc(C(=O)C=Cc2ccc(O)cc2O)c(OCC)c1. The first-order valence-electron chi connectivity index (χ1n) is 7.69. The number of carbonyl (C=O) groups is 1. The number of carbonyl (C=O) groups excluding carboxylic acids is 1. The lowest BCUT2D eigenvalue weighted by Crippen LogP contribution is -2.02. The van der Waals surface area contributed by atoms with E-state index in [0.29, 0.717) is 35.8 Å². The Hall–Kier alpha value is -2.95. The highest BCUT2D eigenvalue weighted by Crippen LogP contribution is 2.27. The number of aromatic hydroxyl groups is 2. The van der Waals surface area contributed by atoms with E-state index in [2.05, 4.69) is 0 Å². The molecule has 0 atom stereocenters. The number of phenols is 2. The van der Waals surface area contributed by atoms with E-state index in [1.807, 2.05) is 13.8 Å². The summed E-state index contributed by atoms with van der Waals surface area (Å²) in [5.74, 6) is 0.691. The minimum Gasteiger partial charge on any atom is -0.508 e. The number of hydrogen-bond donors (Lipinski definition) is 2. The molecule has 0 radical (unpaired) electrons. The molecule has 0 aliphatic heterocycles. The second-order valence-corrected chi connectivity index (χ2v) is 4.96. The standard InChI is InChI=1S/C19H20O5/c1-3-23-15-8-9-16(19(12-15)24-4-2)17(21)10-6-13-5-7-14(20)11-18(13)22/h5-12,20,22H,3-4H2,1-2H3. The minimum atomic E-state index is -0.256. The van der Waals surface area contributed by atoms with Crippen LogP contribution >= 0.6 is 0 Å². The van der Waals surface area contributed by atoms with Crippen LogP contribution in [0.15, 0.2) is 42.5 Å². The Morgan fingerprint density at radius 1 is 1.04 bits per heavy atom. The third-order valence-electron chi connectivity index (χ3n) is 3.26. The van der Waals surface area contributed by atoms with Crippen LogP contribution in [-0.2, 0) is 0 Å². The van der Waals surface area contributed by atoms with Crippen molar-refractivity contribution in [2.45, 2.75) is 13.8 Å². The van der Waals surface area contributed by atoms with Gasteiger partial charge in [0.1, 0.15) is 23.0 Å². The fourth-order valence-corrected chi connectivity index (χ4v) is 2.17. The van der Waals surface area contributed by atoms with Crippen LogP contribution in [0.3, 0.4) is 0 Å². The zero-order valence-corrected chi connectivity index (χ0v) is 13.7. The van der Waals surface area contributed by atoms with Gasteiger partial charge in [0.25, 0.3) is 0 Å². The monoisotopic (exact) mass is 328 g/mol. The van der Waals surface area contributed by atoms with Crippen molar-refractivity contribution in [3.63, 3.8) is 0 Å². The first-order chi connectivity index (χ1) is 11.5. The predicted octanol–water partition coefficient (Wildman–Crippen LogP) is 3.79. The largest absolute Gasteiger partial charge is 0.508 e. The molecule has 2 aromatic carbocycles. The van der Waals surface area contributed by atoms with E-state index in [0.717, 1.165) is 0 Å². The summed E-state index contributed by atoms with van der Waals surface area (Å²) >= 11 is 0. The van der Waals surface area contributed by atoms with Gasteiger partial charge in [0.15, 0.2) is 5.78 Å². The van der Waals surface area contributed by atoms with Crippen LogP contribution in [0.5, 0.6) is 23.0 Å². The summed E-state index contributed by atoms with van der Waals surface area (Å²) in [6.45, 7) is 4.68. The van der Waals surface area contributed by atoms with Crippen molar-refractivity contribution < 1.29 is 24.5 Å². The van der Waals surface area contributed by atoms with E-state index in [1.54, 1.807) is 18.2 Å². The first kappa shape index (κ1) is 17.4. The van der Waals surface area contributed by atoms with E-state index in [9.17, 15) is 15.0 Å². The number of ketones is 1. The molecular weight excluding hydrogens is 308 g/mol. The molecule has 0 amide bonds. The van der Waals surface area contributed by atoms with Crippen molar-refractivity contribution in [2.24, 2.45) is 0 Å². The van der Waals surface area contributed by atoms with Gasteiger partial charge in [-0.3, -0.25) is 4.79 Å². The summed E-state index contributed by atoms with van der Waals surface area (Å²) in [5.41, 5.74) is 0.847. The quantitative estimate of drug-likeness (QED) is 0.597. The topological polar surface area (TPSA) is 76.0 Å². The molecule has 2 rings (SSSR count). The van der Waals surface area contributed by atoms with Gasteiger partial charge in [0.2, 0.25) is 0 Å². The summed E-state index contributed by atoms with van der Waals surface area (Å²) < 4.78 is 10.9. The van der Waals surface area contributed by atoms with E-state index < -0.39 is 0 Å². The molecule has 2 N–H and O–H groups in total. The molecule has 0 fully saturated rings. The molecular formula is C19H20O5. The average Bonchev–Trinajstić information content (AvgIpc) is 2.55. The average molecular weight is 328 g/mol. The number of ether oxygens (including phenoxy) is 2. The van der Waals surface area contributed by atoms with E-state index in [-0.39, 0.29) is 17.3 Å². The summed E-state index contributed by atoms with van der Waals surface area (Å²) in [4.78, 5) is 12.4. The first-order valence-corrected chi connectivity index (χ1v) is 7.69. The fourth-order valence-electron chi connectivity index (χ4n) is 2.17. The van der Waals surface area contributed by atoms with Crippen molar-refractivity contribution >= 4 is 11.9 Å². The zero-order chi connectivity index (χ0) is 17.5. The molecule has 0 bridgehead atoms. The second kappa shape index (κ2) is 8.06.